The molecule has 4 heteroatoms. The van der Waals surface area contributed by atoms with E-state index in [-0.39, 0.29) is 0 Å². The van der Waals surface area contributed by atoms with Crippen LogP contribution in [-0.4, -0.2) is 19.2 Å². The SMILES string of the molecule is Fc1ccc(OCCCNC2CCCC2)cc1F. The van der Waals surface area contributed by atoms with Crippen LogP contribution in [0.1, 0.15) is 32.1 Å². The molecule has 18 heavy (non-hydrogen) atoms. The van der Waals surface area contributed by atoms with Crippen LogP contribution >= 0.6 is 0 Å². The number of ether oxygens (including phenoxy) is 1. The summed E-state index contributed by atoms with van der Waals surface area (Å²) >= 11 is 0. The summed E-state index contributed by atoms with van der Waals surface area (Å²) in [7, 11) is 0. The smallest absolute Gasteiger partial charge is 0.162 e. The zero-order valence-electron chi connectivity index (χ0n) is 10.4. The highest BCUT2D eigenvalue weighted by Gasteiger charge is 2.13. The molecule has 0 bridgehead atoms. The summed E-state index contributed by atoms with van der Waals surface area (Å²) < 4.78 is 30.9. The summed E-state index contributed by atoms with van der Waals surface area (Å²) in [5.41, 5.74) is 0. The van der Waals surface area contributed by atoms with Crippen LogP contribution in [0.3, 0.4) is 0 Å². The predicted molar refractivity (Wildman–Crippen MR) is 66.7 cm³/mol. The quantitative estimate of drug-likeness (QED) is 0.788. The van der Waals surface area contributed by atoms with Gasteiger partial charge in [-0.15, -0.1) is 0 Å². The number of nitrogens with one attached hydrogen (secondary N) is 1. The van der Waals surface area contributed by atoms with Gasteiger partial charge in [0.1, 0.15) is 5.75 Å². The first-order valence-electron chi connectivity index (χ1n) is 6.57. The molecule has 100 valence electrons. The van der Waals surface area contributed by atoms with Gasteiger partial charge in [-0.3, -0.25) is 0 Å². The Balaban J connectivity index is 1.61. The topological polar surface area (TPSA) is 21.3 Å². The van der Waals surface area contributed by atoms with E-state index in [1.54, 1.807) is 0 Å². The molecule has 1 aromatic rings. The molecule has 0 radical (unpaired) electrons. The Kier molecular flexibility index (Phi) is 4.93. The molecule has 1 fully saturated rings. The van der Waals surface area contributed by atoms with Crippen molar-refractivity contribution in [3.63, 3.8) is 0 Å². The largest absolute Gasteiger partial charge is 0.493 e. The summed E-state index contributed by atoms with van der Waals surface area (Å²) in [4.78, 5) is 0. The van der Waals surface area contributed by atoms with E-state index >= 15 is 0 Å². The van der Waals surface area contributed by atoms with E-state index in [0.717, 1.165) is 25.1 Å². The second kappa shape index (κ2) is 6.69. The number of benzene rings is 1. The summed E-state index contributed by atoms with van der Waals surface area (Å²) in [6, 6.07) is 4.28. The van der Waals surface area contributed by atoms with Crippen LogP contribution in [0.25, 0.3) is 0 Å². The Bertz CT molecular complexity index is 378. The van der Waals surface area contributed by atoms with Crippen LogP contribution in [0.15, 0.2) is 18.2 Å². The van der Waals surface area contributed by atoms with Gasteiger partial charge in [-0.25, -0.2) is 8.78 Å². The molecule has 0 atom stereocenters. The van der Waals surface area contributed by atoms with Gasteiger partial charge in [0, 0.05) is 12.1 Å². The monoisotopic (exact) mass is 255 g/mol. The molecule has 0 saturated heterocycles. The highest BCUT2D eigenvalue weighted by molar-refractivity contribution is 5.23. The van der Waals surface area contributed by atoms with Gasteiger partial charge < -0.3 is 10.1 Å². The van der Waals surface area contributed by atoms with Crippen LogP contribution in [0.5, 0.6) is 5.75 Å². The minimum absolute atomic E-state index is 0.384. The van der Waals surface area contributed by atoms with Gasteiger partial charge in [0.05, 0.1) is 6.61 Å². The molecule has 0 spiro atoms. The van der Waals surface area contributed by atoms with Crippen molar-refractivity contribution >= 4 is 0 Å². The first-order valence-corrected chi connectivity index (χ1v) is 6.57. The molecule has 1 N–H and O–H groups in total. The molecule has 0 aromatic heterocycles. The Morgan fingerprint density at radius 1 is 1.17 bits per heavy atom. The molecular formula is C14H19F2NO. The van der Waals surface area contributed by atoms with Gasteiger partial charge in [0.2, 0.25) is 0 Å². The van der Waals surface area contributed by atoms with Crippen molar-refractivity contribution in [3.8, 4) is 5.75 Å². The fourth-order valence-electron chi connectivity index (χ4n) is 2.26. The predicted octanol–water partition coefficient (Wildman–Crippen LogP) is 3.27. The second-order valence-electron chi connectivity index (χ2n) is 4.71. The van der Waals surface area contributed by atoms with E-state index < -0.39 is 11.6 Å². The minimum atomic E-state index is -0.864. The van der Waals surface area contributed by atoms with Crippen LogP contribution in [0, 0.1) is 11.6 Å². The van der Waals surface area contributed by atoms with Crippen molar-refractivity contribution < 1.29 is 13.5 Å². The molecule has 1 aromatic carbocycles. The molecule has 1 saturated carbocycles. The molecule has 1 aliphatic rings. The third-order valence-corrected chi connectivity index (χ3v) is 3.27. The van der Waals surface area contributed by atoms with E-state index in [2.05, 4.69) is 5.32 Å². The zero-order chi connectivity index (χ0) is 12.8. The van der Waals surface area contributed by atoms with Gasteiger partial charge in [-0.1, -0.05) is 12.8 Å². The summed E-state index contributed by atoms with van der Waals surface area (Å²) in [5.74, 6) is -1.32. The lowest BCUT2D eigenvalue weighted by molar-refractivity contribution is 0.302. The first kappa shape index (κ1) is 13.3. The van der Waals surface area contributed by atoms with Crippen molar-refractivity contribution in [2.45, 2.75) is 38.1 Å². The lowest BCUT2D eigenvalue weighted by atomic mass is 10.2. The lowest BCUT2D eigenvalue weighted by Gasteiger charge is -2.12. The van der Waals surface area contributed by atoms with Gasteiger partial charge >= 0.3 is 0 Å². The number of hydrogen-bond donors (Lipinski definition) is 1. The highest BCUT2D eigenvalue weighted by Crippen LogP contribution is 2.17. The average molecular weight is 255 g/mol. The fraction of sp³-hybridized carbons (Fsp3) is 0.571. The summed E-state index contributed by atoms with van der Waals surface area (Å²) in [6.45, 7) is 1.43. The molecule has 2 nitrogen and oxygen atoms in total. The number of hydrogen-bond acceptors (Lipinski definition) is 2. The Morgan fingerprint density at radius 3 is 2.67 bits per heavy atom. The van der Waals surface area contributed by atoms with Crippen LogP contribution in [0.2, 0.25) is 0 Å². The Morgan fingerprint density at radius 2 is 1.94 bits per heavy atom. The molecular weight excluding hydrogens is 236 g/mol. The zero-order valence-corrected chi connectivity index (χ0v) is 10.4. The van der Waals surface area contributed by atoms with Gasteiger partial charge in [-0.2, -0.15) is 0 Å². The van der Waals surface area contributed by atoms with Crippen LogP contribution in [-0.2, 0) is 0 Å². The summed E-state index contributed by atoms with van der Waals surface area (Å²) in [6.07, 6.45) is 6.05. The van der Waals surface area contributed by atoms with Gasteiger partial charge in [0.15, 0.2) is 11.6 Å². The molecule has 0 heterocycles. The molecule has 1 aliphatic carbocycles. The highest BCUT2D eigenvalue weighted by atomic mass is 19.2. The van der Waals surface area contributed by atoms with Gasteiger partial charge in [0.25, 0.3) is 0 Å². The second-order valence-corrected chi connectivity index (χ2v) is 4.71. The van der Waals surface area contributed by atoms with E-state index in [4.69, 9.17) is 4.74 Å². The average Bonchev–Trinajstić information content (AvgIpc) is 2.86. The molecule has 2 rings (SSSR count). The molecule has 0 amide bonds. The molecule has 0 aliphatic heterocycles. The maximum absolute atomic E-state index is 12.9. The fourth-order valence-corrected chi connectivity index (χ4v) is 2.26. The summed E-state index contributed by atoms with van der Waals surface area (Å²) in [5, 5.41) is 3.47. The van der Waals surface area contributed by atoms with E-state index in [9.17, 15) is 8.78 Å². The van der Waals surface area contributed by atoms with E-state index in [1.807, 2.05) is 0 Å². The maximum Gasteiger partial charge on any atom is 0.162 e. The van der Waals surface area contributed by atoms with Crippen molar-refractivity contribution in [2.24, 2.45) is 0 Å². The first-order chi connectivity index (χ1) is 8.75. The normalized spacial score (nSPS) is 16.1. The minimum Gasteiger partial charge on any atom is -0.493 e. The van der Waals surface area contributed by atoms with Crippen molar-refractivity contribution in [2.75, 3.05) is 13.2 Å². The Labute approximate surface area is 106 Å². The Hall–Kier alpha value is -1.16. The van der Waals surface area contributed by atoms with Crippen molar-refractivity contribution in [1.29, 1.82) is 0 Å². The lowest BCUT2D eigenvalue weighted by Crippen LogP contribution is -2.27. The van der Waals surface area contributed by atoms with Crippen molar-refractivity contribution in [1.82, 2.24) is 5.32 Å². The van der Waals surface area contributed by atoms with Crippen LogP contribution < -0.4 is 10.1 Å². The number of rotatable bonds is 6. The standard InChI is InChI=1S/C14H19F2NO/c15-13-7-6-12(10-14(13)16)18-9-3-8-17-11-4-1-2-5-11/h6-7,10-11,17H,1-5,8-9H2. The van der Waals surface area contributed by atoms with Crippen LogP contribution in [0.4, 0.5) is 8.78 Å². The number of halogens is 2. The van der Waals surface area contributed by atoms with E-state index in [1.165, 1.54) is 31.7 Å². The van der Waals surface area contributed by atoms with Gasteiger partial charge in [-0.05, 0) is 37.9 Å². The van der Waals surface area contributed by atoms with E-state index in [0.29, 0.717) is 18.4 Å². The van der Waals surface area contributed by atoms with Crippen molar-refractivity contribution in [3.05, 3.63) is 29.8 Å². The maximum atomic E-state index is 12.9. The molecule has 0 unspecified atom stereocenters. The third-order valence-electron chi connectivity index (χ3n) is 3.27. The third kappa shape index (κ3) is 3.95.